The third-order valence-electron chi connectivity index (χ3n) is 15.7. The molecule has 0 N–H and O–H groups in total. The van der Waals surface area contributed by atoms with Crippen molar-refractivity contribution in [2.24, 2.45) is 0 Å². The minimum Gasteiger partial charge on any atom is -0.460 e. The van der Waals surface area contributed by atoms with E-state index in [-0.39, 0.29) is 81.6 Å². The smallest absolute Gasteiger partial charge is 0.460 e. The SMILES string of the molecule is O=C1OCC(C(=O)OC2CCC(Cl)CC2)O1.O=C1OCC(C(=O)OC2CCC(F)CC2)O1.O=C1OCC(C(=O)OC2CCC2)O1.O=C1OCC(C(=O)OC2CCCC2)O1.O=C1OCC(C(=O)OC2CCCCC2)O1.O=C1OCC(C(=O)OC2CCCCCC2)O1. The molecule has 30 nitrogen and oxygen atoms in total. The van der Waals surface area contributed by atoms with Crippen molar-refractivity contribution < 1.29 is 147 Å². The van der Waals surface area contributed by atoms with Gasteiger partial charge in [-0.1, -0.05) is 19.3 Å². The van der Waals surface area contributed by atoms with Crippen molar-refractivity contribution in [2.75, 3.05) is 39.6 Å². The van der Waals surface area contributed by atoms with Crippen molar-refractivity contribution in [3.05, 3.63) is 0 Å². The molecule has 32 heteroatoms. The summed E-state index contributed by atoms with van der Waals surface area (Å²) in [5.41, 5.74) is 0. The molecule has 6 aliphatic heterocycles. The van der Waals surface area contributed by atoms with Crippen molar-refractivity contribution in [1.29, 1.82) is 0 Å². The van der Waals surface area contributed by atoms with E-state index in [1.165, 1.54) is 19.3 Å². The maximum atomic E-state index is 12.8. The monoisotopic (exact) mass is 1310 g/mol. The highest BCUT2D eigenvalue weighted by atomic mass is 35.5. The summed E-state index contributed by atoms with van der Waals surface area (Å²) in [6.07, 6.45) is 12.4. The summed E-state index contributed by atoms with van der Waals surface area (Å²) in [6.45, 7) is -0.248. The lowest BCUT2D eigenvalue weighted by molar-refractivity contribution is -0.161. The van der Waals surface area contributed by atoms with Crippen LogP contribution < -0.4 is 0 Å². The standard InChI is InChI=1S/C11H16O5.C10H13ClO5.C10H13FO5.C10H14O5.C9H12O5.C8H10O5/c12-10(9-7-14-11(13)16-9)15-8-5-3-1-2-4-6-8;2*11-6-1-3-7(4-2-6)15-9(12)8-5-14-10(13)16-8;11-9(8-6-13-10(12)15-8)14-7-4-2-1-3-5-7;10-8(7-5-12-9(11)14-7)13-6-3-1-2-4-6;9-7(12-5-2-1-3-5)6-4-11-8(10)13-6/h8-9H,1-7H2;2*6-8H,1-5H2;7-8H,1-6H2;6-7H,1-5H2;5-6H,1-4H2. The Hall–Kier alpha value is -7.34. The summed E-state index contributed by atoms with van der Waals surface area (Å²) in [4.78, 5) is 132. The molecule has 0 bridgehead atoms. The number of carbonyl (C=O) groups excluding carboxylic acids is 12. The molecule has 6 saturated heterocycles. The summed E-state index contributed by atoms with van der Waals surface area (Å²) < 4.78 is 98.5. The van der Waals surface area contributed by atoms with E-state index >= 15 is 0 Å². The number of hydrogen-bond donors (Lipinski definition) is 0. The molecule has 6 saturated carbocycles. The van der Waals surface area contributed by atoms with Crippen LogP contribution in [-0.4, -0.2) is 197 Å². The number of rotatable bonds is 12. The fraction of sp³-hybridized carbons (Fsp3) is 0.793. The Kier molecular flexibility index (Phi) is 28.4. The third kappa shape index (κ3) is 24.5. The molecular weight excluding hydrogens is 1230 g/mol. The molecule has 6 atom stereocenters. The number of hydrogen-bond acceptors (Lipinski definition) is 30. The summed E-state index contributed by atoms with van der Waals surface area (Å²) in [6, 6.07) is 0. The van der Waals surface area contributed by atoms with Crippen LogP contribution in [0.2, 0.25) is 0 Å². The topological polar surface area (TPSA) is 371 Å². The Morgan fingerprint density at radius 2 is 0.467 bits per heavy atom. The minimum atomic E-state index is -0.962. The van der Waals surface area contributed by atoms with E-state index < -0.39 is 116 Å². The van der Waals surface area contributed by atoms with Crippen LogP contribution >= 0.6 is 11.6 Å². The molecule has 12 aliphatic rings. The van der Waals surface area contributed by atoms with E-state index in [2.05, 4.69) is 56.8 Å². The fourth-order valence-electron chi connectivity index (χ4n) is 10.4. The maximum Gasteiger partial charge on any atom is 0.509 e. The average Bonchev–Trinajstić information content (AvgIpc) is 4.60. The van der Waals surface area contributed by atoms with E-state index in [4.69, 9.17) is 40.0 Å². The van der Waals surface area contributed by atoms with Crippen LogP contribution in [0.25, 0.3) is 0 Å². The van der Waals surface area contributed by atoms with Crippen molar-refractivity contribution in [3.8, 4) is 0 Å². The predicted octanol–water partition coefficient (Wildman–Crippen LogP) is 7.77. The van der Waals surface area contributed by atoms with Crippen LogP contribution in [0.4, 0.5) is 33.2 Å². The zero-order chi connectivity index (χ0) is 64.4. The molecule has 12 rings (SSSR count). The summed E-state index contributed by atoms with van der Waals surface area (Å²) in [7, 11) is 0. The van der Waals surface area contributed by atoms with Gasteiger partial charge in [-0.25, -0.2) is 61.9 Å². The average molecular weight is 1310 g/mol. The van der Waals surface area contributed by atoms with E-state index in [9.17, 15) is 61.9 Å². The second-order valence-electron chi connectivity index (χ2n) is 22.7. The van der Waals surface area contributed by atoms with Crippen molar-refractivity contribution in [3.63, 3.8) is 0 Å². The number of alkyl halides is 2. The molecule has 12 fully saturated rings. The maximum absolute atomic E-state index is 12.8. The second-order valence-corrected chi connectivity index (χ2v) is 23.3. The van der Waals surface area contributed by atoms with Gasteiger partial charge in [0.25, 0.3) is 0 Å². The van der Waals surface area contributed by atoms with Crippen LogP contribution in [0.1, 0.15) is 167 Å². The summed E-state index contributed by atoms with van der Waals surface area (Å²) in [5, 5.41) is 0.183. The quantitative estimate of drug-likeness (QED) is 0.0779. The molecule has 0 amide bonds. The second kappa shape index (κ2) is 36.5. The van der Waals surface area contributed by atoms with Gasteiger partial charge in [-0.05, 0) is 148 Å². The van der Waals surface area contributed by atoms with Gasteiger partial charge in [0.05, 0.1) is 0 Å². The fourth-order valence-corrected chi connectivity index (χ4v) is 10.7. The van der Waals surface area contributed by atoms with Gasteiger partial charge in [-0.15, -0.1) is 11.6 Å². The minimum absolute atomic E-state index is 0.00167. The van der Waals surface area contributed by atoms with Crippen LogP contribution in [0.15, 0.2) is 0 Å². The van der Waals surface area contributed by atoms with Gasteiger partial charge in [0.1, 0.15) is 82.4 Å². The van der Waals surface area contributed by atoms with Crippen LogP contribution in [-0.2, 0) is 114 Å². The molecule has 0 aromatic heterocycles. The highest BCUT2D eigenvalue weighted by molar-refractivity contribution is 6.20. The highest BCUT2D eigenvalue weighted by Crippen LogP contribution is 2.29. The van der Waals surface area contributed by atoms with Crippen molar-refractivity contribution in [2.45, 2.75) is 252 Å². The van der Waals surface area contributed by atoms with Gasteiger partial charge < -0.3 is 85.3 Å². The van der Waals surface area contributed by atoms with E-state index in [0.717, 1.165) is 122 Å². The first-order valence-electron chi connectivity index (χ1n) is 30.8. The Morgan fingerprint density at radius 3 is 0.667 bits per heavy atom. The van der Waals surface area contributed by atoms with Gasteiger partial charge in [0, 0.05) is 5.38 Å². The van der Waals surface area contributed by atoms with E-state index in [1.54, 1.807) is 0 Å². The molecule has 0 spiro atoms. The lowest BCUT2D eigenvalue weighted by Crippen LogP contribution is -2.32. The van der Waals surface area contributed by atoms with Gasteiger partial charge in [-0.3, -0.25) is 0 Å². The number of ether oxygens (including phenoxy) is 18. The number of esters is 6. The zero-order valence-corrected chi connectivity index (χ0v) is 50.5. The largest absolute Gasteiger partial charge is 0.509 e. The molecule has 90 heavy (non-hydrogen) atoms. The van der Waals surface area contributed by atoms with Crippen LogP contribution in [0.3, 0.4) is 0 Å². The summed E-state index contributed by atoms with van der Waals surface area (Å²) in [5.74, 6) is -3.05. The number of carbonyl (C=O) groups is 12. The molecular formula is C58H78ClFO30. The predicted molar refractivity (Wildman–Crippen MR) is 291 cm³/mol. The van der Waals surface area contributed by atoms with Crippen molar-refractivity contribution in [1.82, 2.24) is 0 Å². The molecule has 6 unspecified atom stereocenters. The highest BCUT2D eigenvalue weighted by Gasteiger charge is 2.40. The first-order valence-corrected chi connectivity index (χ1v) is 31.3. The molecule has 0 aromatic rings. The lowest BCUT2D eigenvalue weighted by Gasteiger charge is -2.25. The van der Waals surface area contributed by atoms with Gasteiger partial charge >= 0.3 is 72.7 Å². The molecule has 6 heterocycles. The molecule has 0 aromatic carbocycles. The van der Waals surface area contributed by atoms with Gasteiger partial charge in [-0.2, -0.15) is 0 Å². The zero-order valence-electron chi connectivity index (χ0n) is 49.7. The Labute approximate surface area is 521 Å². The number of halogens is 2. The number of cyclic esters (lactones) is 12. The van der Waals surface area contributed by atoms with Crippen LogP contribution in [0, 0.1) is 0 Å². The molecule has 0 radical (unpaired) electrons. The Bertz CT molecular complexity index is 2360. The van der Waals surface area contributed by atoms with Crippen molar-refractivity contribution >= 4 is 84.3 Å². The van der Waals surface area contributed by atoms with Gasteiger partial charge in [0.15, 0.2) is 0 Å². The van der Waals surface area contributed by atoms with Crippen LogP contribution in [0.5, 0.6) is 0 Å². The normalized spacial score (nSPS) is 29.5. The van der Waals surface area contributed by atoms with E-state index in [1.807, 2.05) is 0 Å². The lowest BCUT2D eigenvalue weighted by atomic mass is 9.96. The molecule has 504 valence electrons. The first-order chi connectivity index (χ1) is 43.3. The summed E-state index contributed by atoms with van der Waals surface area (Å²) >= 11 is 5.93. The first kappa shape index (κ1) is 70.1. The van der Waals surface area contributed by atoms with E-state index in [0.29, 0.717) is 25.7 Å². The molecule has 6 aliphatic carbocycles. The Morgan fingerprint density at radius 1 is 0.278 bits per heavy atom. The Balaban J connectivity index is 0.000000154. The van der Waals surface area contributed by atoms with Gasteiger partial charge in [0.2, 0.25) is 36.6 Å². The third-order valence-corrected chi connectivity index (χ3v) is 16.2.